The number of carbonyl (C=O) groups is 2. The SMILES string of the molecule is C/C=C1\[C@H](O[C@@H]2O[C@H](CO)[C@@H](O)[C@H](O)[C@H]2O)OC=C(C(=O)O)[C@H]1CC(=O)OCCc1ccc(O)c(O)c1. The van der Waals surface area contributed by atoms with E-state index >= 15 is 0 Å². The number of esters is 1. The summed E-state index contributed by atoms with van der Waals surface area (Å²) in [7, 11) is 0. The van der Waals surface area contributed by atoms with E-state index in [2.05, 4.69) is 0 Å². The molecule has 0 saturated carbocycles. The summed E-state index contributed by atoms with van der Waals surface area (Å²) in [5.41, 5.74) is 0.557. The zero-order valence-electron chi connectivity index (χ0n) is 19.8. The summed E-state index contributed by atoms with van der Waals surface area (Å²) in [4.78, 5) is 24.4. The van der Waals surface area contributed by atoms with Crippen LogP contribution in [0.3, 0.4) is 0 Å². The Morgan fingerprint density at radius 1 is 1.08 bits per heavy atom. The molecule has 37 heavy (non-hydrogen) atoms. The molecule has 0 bridgehead atoms. The van der Waals surface area contributed by atoms with Crippen LogP contribution in [0.25, 0.3) is 0 Å². The molecule has 1 aromatic rings. The largest absolute Gasteiger partial charge is 0.504 e. The Labute approximate surface area is 211 Å². The minimum absolute atomic E-state index is 0.0750. The number of allylic oxidation sites excluding steroid dienone is 1. The van der Waals surface area contributed by atoms with Crippen LogP contribution in [-0.4, -0.2) is 97.9 Å². The Morgan fingerprint density at radius 2 is 1.81 bits per heavy atom. The summed E-state index contributed by atoms with van der Waals surface area (Å²) in [6.45, 7) is 0.811. The third kappa shape index (κ3) is 6.57. The van der Waals surface area contributed by atoms with E-state index < -0.39 is 67.9 Å². The number of carboxylic acids is 1. The van der Waals surface area contributed by atoms with Crippen LogP contribution in [0.15, 0.2) is 41.7 Å². The van der Waals surface area contributed by atoms with Crippen LogP contribution in [0.5, 0.6) is 11.5 Å². The van der Waals surface area contributed by atoms with Crippen molar-refractivity contribution in [2.45, 2.75) is 56.8 Å². The van der Waals surface area contributed by atoms with Gasteiger partial charge in [0.2, 0.25) is 6.29 Å². The first-order valence-electron chi connectivity index (χ1n) is 11.4. The van der Waals surface area contributed by atoms with Gasteiger partial charge in [-0.25, -0.2) is 4.79 Å². The van der Waals surface area contributed by atoms with E-state index in [-0.39, 0.29) is 35.7 Å². The van der Waals surface area contributed by atoms with E-state index in [1.165, 1.54) is 18.2 Å². The van der Waals surface area contributed by atoms with E-state index in [4.69, 9.17) is 18.9 Å². The number of aromatic hydroxyl groups is 2. The van der Waals surface area contributed by atoms with Crippen molar-refractivity contribution >= 4 is 11.9 Å². The summed E-state index contributed by atoms with van der Waals surface area (Å²) >= 11 is 0. The van der Waals surface area contributed by atoms with Gasteiger partial charge in [0.15, 0.2) is 17.8 Å². The molecule has 1 fully saturated rings. The van der Waals surface area contributed by atoms with Gasteiger partial charge in [0.25, 0.3) is 0 Å². The molecule has 2 aliphatic rings. The van der Waals surface area contributed by atoms with Crippen molar-refractivity contribution in [3.05, 3.63) is 47.2 Å². The van der Waals surface area contributed by atoms with Crippen molar-refractivity contribution < 1.29 is 64.3 Å². The van der Waals surface area contributed by atoms with Crippen LogP contribution < -0.4 is 0 Å². The molecule has 1 aromatic carbocycles. The van der Waals surface area contributed by atoms with Gasteiger partial charge in [-0.15, -0.1) is 0 Å². The summed E-state index contributed by atoms with van der Waals surface area (Å²) in [5, 5.41) is 68.1. The van der Waals surface area contributed by atoms with Crippen molar-refractivity contribution in [1.82, 2.24) is 0 Å². The fourth-order valence-electron chi connectivity index (χ4n) is 4.05. The third-order valence-corrected chi connectivity index (χ3v) is 6.12. The highest BCUT2D eigenvalue weighted by atomic mass is 16.8. The second kappa shape index (κ2) is 12.4. The molecule has 13 heteroatoms. The zero-order chi connectivity index (χ0) is 27.3. The molecule has 2 aliphatic heterocycles. The molecule has 13 nitrogen and oxygen atoms in total. The Kier molecular flexibility index (Phi) is 9.48. The molecule has 7 atom stereocenters. The number of rotatable bonds is 9. The van der Waals surface area contributed by atoms with Crippen LogP contribution in [0, 0.1) is 5.92 Å². The number of aliphatic carboxylic acids is 1. The van der Waals surface area contributed by atoms with Crippen LogP contribution in [0.1, 0.15) is 18.9 Å². The fourth-order valence-corrected chi connectivity index (χ4v) is 4.05. The monoisotopic (exact) mass is 526 g/mol. The quantitative estimate of drug-likeness (QED) is 0.120. The number of ether oxygens (including phenoxy) is 4. The highest BCUT2D eigenvalue weighted by Gasteiger charge is 2.46. The van der Waals surface area contributed by atoms with Gasteiger partial charge >= 0.3 is 11.9 Å². The lowest BCUT2D eigenvalue weighted by Gasteiger charge is -2.41. The summed E-state index contributed by atoms with van der Waals surface area (Å²) in [5.74, 6) is -3.70. The number of carbonyl (C=O) groups excluding carboxylic acids is 1. The van der Waals surface area contributed by atoms with Crippen molar-refractivity contribution in [2.75, 3.05) is 13.2 Å². The van der Waals surface area contributed by atoms with Gasteiger partial charge in [0.1, 0.15) is 24.4 Å². The Balaban J connectivity index is 1.68. The zero-order valence-corrected chi connectivity index (χ0v) is 19.8. The lowest BCUT2D eigenvalue weighted by Crippen LogP contribution is -2.60. The molecule has 0 spiro atoms. The van der Waals surface area contributed by atoms with E-state index in [0.717, 1.165) is 6.26 Å². The maximum absolute atomic E-state index is 12.6. The first-order valence-corrected chi connectivity index (χ1v) is 11.4. The van der Waals surface area contributed by atoms with E-state index in [0.29, 0.717) is 5.56 Å². The number of phenolic OH excluding ortho intramolecular Hbond substituents is 2. The number of phenols is 2. The van der Waals surface area contributed by atoms with Gasteiger partial charge in [-0.1, -0.05) is 12.1 Å². The maximum Gasteiger partial charge on any atom is 0.335 e. The molecule has 7 N–H and O–H groups in total. The summed E-state index contributed by atoms with van der Waals surface area (Å²) < 4.78 is 21.6. The second-order valence-electron chi connectivity index (χ2n) is 8.52. The Bertz CT molecular complexity index is 1030. The number of aliphatic hydroxyl groups excluding tert-OH is 4. The van der Waals surface area contributed by atoms with Crippen molar-refractivity contribution in [3.8, 4) is 11.5 Å². The van der Waals surface area contributed by atoms with Crippen LogP contribution >= 0.6 is 0 Å². The van der Waals surface area contributed by atoms with Crippen molar-refractivity contribution in [2.24, 2.45) is 5.92 Å². The molecule has 3 rings (SSSR count). The lowest BCUT2D eigenvalue weighted by molar-refractivity contribution is -0.327. The molecule has 0 aromatic heterocycles. The molecule has 0 aliphatic carbocycles. The number of aliphatic hydroxyl groups is 4. The molecular formula is C24H30O13. The third-order valence-electron chi connectivity index (χ3n) is 6.12. The van der Waals surface area contributed by atoms with Gasteiger partial charge in [0.05, 0.1) is 31.5 Å². The standard InChI is InChI=1S/C24H30O13/c1-2-12-13(8-18(28)34-6-5-11-3-4-15(26)16(27)7-11)14(22(32)33)10-35-23(12)37-24-21(31)20(30)19(29)17(9-25)36-24/h2-4,7,10,13,17,19-21,23-27,29-31H,5-6,8-9H2,1H3,(H,32,33)/b12-2-/t13-,17+,19+,20-,21+,23-,24-/m0/s1. The molecular weight excluding hydrogens is 496 g/mol. The average molecular weight is 526 g/mol. The normalized spacial score (nSPS) is 30.9. The van der Waals surface area contributed by atoms with Gasteiger partial charge in [0, 0.05) is 17.9 Å². The van der Waals surface area contributed by atoms with Crippen molar-refractivity contribution in [3.63, 3.8) is 0 Å². The van der Waals surface area contributed by atoms with E-state index in [9.17, 15) is 45.3 Å². The maximum atomic E-state index is 12.6. The molecule has 2 heterocycles. The summed E-state index contributed by atoms with van der Waals surface area (Å²) in [6.07, 6.45) is -6.90. The predicted octanol–water partition coefficient (Wildman–Crippen LogP) is -0.723. The molecule has 1 saturated heterocycles. The average Bonchev–Trinajstić information content (AvgIpc) is 2.86. The Hall–Kier alpha value is -3.20. The van der Waals surface area contributed by atoms with Crippen LogP contribution in [0.2, 0.25) is 0 Å². The first kappa shape index (κ1) is 28.4. The topological polar surface area (TPSA) is 213 Å². The Morgan fingerprint density at radius 3 is 2.43 bits per heavy atom. The van der Waals surface area contributed by atoms with Gasteiger partial charge < -0.3 is 54.7 Å². The molecule has 0 radical (unpaired) electrons. The number of hydrogen-bond acceptors (Lipinski definition) is 12. The molecule has 0 unspecified atom stereocenters. The molecule has 0 amide bonds. The minimum Gasteiger partial charge on any atom is -0.504 e. The first-order chi connectivity index (χ1) is 17.6. The van der Waals surface area contributed by atoms with Gasteiger partial charge in [-0.2, -0.15) is 0 Å². The lowest BCUT2D eigenvalue weighted by atomic mass is 9.86. The minimum atomic E-state index is -1.72. The molecule has 204 valence electrons. The highest BCUT2D eigenvalue weighted by Crippen LogP contribution is 2.36. The second-order valence-corrected chi connectivity index (χ2v) is 8.52. The van der Waals surface area contributed by atoms with Crippen molar-refractivity contribution in [1.29, 1.82) is 0 Å². The number of hydrogen-bond donors (Lipinski definition) is 7. The highest BCUT2D eigenvalue weighted by molar-refractivity contribution is 5.89. The number of carboxylic acid groups (broad SMARTS) is 1. The number of benzene rings is 1. The van der Waals surface area contributed by atoms with Gasteiger partial charge in [-0.3, -0.25) is 4.79 Å². The fraction of sp³-hybridized carbons (Fsp3) is 0.500. The van der Waals surface area contributed by atoms with E-state index in [1.807, 2.05) is 0 Å². The summed E-state index contributed by atoms with van der Waals surface area (Å²) in [6, 6.07) is 4.17. The van der Waals surface area contributed by atoms with E-state index in [1.54, 1.807) is 13.0 Å². The van der Waals surface area contributed by atoms with Gasteiger partial charge in [-0.05, 0) is 24.6 Å². The smallest absolute Gasteiger partial charge is 0.335 e. The van der Waals surface area contributed by atoms with Crippen LogP contribution in [0.4, 0.5) is 0 Å². The van der Waals surface area contributed by atoms with Crippen LogP contribution in [-0.2, 0) is 35.0 Å². The predicted molar refractivity (Wildman–Crippen MR) is 122 cm³/mol.